The third-order valence-electron chi connectivity index (χ3n) is 5.01. The van der Waals surface area contributed by atoms with E-state index in [0.29, 0.717) is 22.8 Å². The Morgan fingerprint density at radius 1 is 1.24 bits per heavy atom. The molecule has 6 nitrogen and oxygen atoms in total. The average Bonchev–Trinajstić information content (AvgIpc) is 2.99. The van der Waals surface area contributed by atoms with Crippen LogP contribution in [0.15, 0.2) is 41.6 Å². The molecule has 0 saturated heterocycles. The van der Waals surface area contributed by atoms with Gasteiger partial charge in [-0.05, 0) is 54.8 Å². The molecule has 0 atom stereocenters. The predicted octanol–water partition coefficient (Wildman–Crippen LogP) is 3.91. The molecule has 0 aliphatic carbocycles. The van der Waals surface area contributed by atoms with E-state index in [4.69, 9.17) is 11.6 Å². The largest absolute Gasteiger partial charge is 0.322 e. The molecule has 4 rings (SSSR count). The minimum atomic E-state index is -3.32. The first-order chi connectivity index (χ1) is 13.7. The number of thioether (sulfide) groups is 1. The molecule has 0 fully saturated rings. The zero-order valence-electron chi connectivity index (χ0n) is 16.1. The van der Waals surface area contributed by atoms with Gasteiger partial charge in [-0.15, -0.1) is 0 Å². The van der Waals surface area contributed by atoms with E-state index in [1.165, 1.54) is 22.3 Å². The highest BCUT2D eigenvalue weighted by atomic mass is 35.5. The summed E-state index contributed by atoms with van der Waals surface area (Å²) in [6, 6.07) is 10.8. The molecule has 1 aliphatic rings. The van der Waals surface area contributed by atoms with E-state index < -0.39 is 10.0 Å². The number of aromatic nitrogens is 2. The number of halogens is 1. The number of hydrogen-bond donors (Lipinski definition) is 0. The molecule has 0 bridgehead atoms. The summed E-state index contributed by atoms with van der Waals surface area (Å²) in [6.45, 7) is 0.478. The van der Waals surface area contributed by atoms with Crippen LogP contribution in [0.2, 0.25) is 5.02 Å². The van der Waals surface area contributed by atoms with Crippen LogP contribution in [-0.4, -0.2) is 42.3 Å². The number of aryl methyl sites for hydroxylation is 2. The van der Waals surface area contributed by atoms with Gasteiger partial charge in [0.1, 0.15) is 0 Å². The van der Waals surface area contributed by atoms with Crippen LogP contribution in [0.25, 0.3) is 11.0 Å². The Hall–Kier alpha value is -2.03. The lowest BCUT2D eigenvalue weighted by molar-refractivity contribution is 0.102. The van der Waals surface area contributed by atoms with Gasteiger partial charge in [-0.2, -0.15) is 0 Å². The van der Waals surface area contributed by atoms with Gasteiger partial charge in [-0.3, -0.25) is 9.10 Å². The van der Waals surface area contributed by atoms with Crippen LogP contribution in [-0.2, 0) is 23.5 Å². The van der Waals surface area contributed by atoms with Crippen molar-refractivity contribution in [2.24, 2.45) is 7.05 Å². The highest BCUT2D eigenvalue weighted by molar-refractivity contribution is 7.99. The average molecular weight is 450 g/mol. The van der Waals surface area contributed by atoms with E-state index in [1.807, 2.05) is 29.8 Å². The zero-order valence-corrected chi connectivity index (χ0v) is 18.4. The standard InChI is InChI=1S/C20H20ClN3O3S2/c1-23-18-8-6-15(21)11-16(18)22-20(23)28-12-19(25)14-5-7-17-13(10-14)4-3-9-24(17)29(2,26)27/h5-8,10-11H,3-4,9,12H2,1-2H3. The summed E-state index contributed by atoms with van der Waals surface area (Å²) in [6.07, 6.45) is 2.72. The van der Waals surface area contributed by atoms with Crippen molar-refractivity contribution in [3.63, 3.8) is 0 Å². The summed E-state index contributed by atoms with van der Waals surface area (Å²) in [4.78, 5) is 17.3. The normalized spacial score (nSPS) is 14.2. The number of hydrogen-bond acceptors (Lipinski definition) is 5. The maximum absolute atomic E-state index is 12.8. The van der Waals surface area contributed by atoms with Crippen LogP contribution >= 0.6 is 23.4 Å². The number of ketones is 1. The number of nitrogens with zero attached hydrogens (tertiary/aromatic N) is 3. The molecule has 2 heterocycles. The fourth-order valence-electron chi connectivity index (χ4n) is 3.57. The Morgan fingerprint density at radius 2 is 2.03 bits per heavy atom. The summed E-state index contributed by atoms with van der Waals surface area (Å²) >= 11 is 7.41. The molecular formula is C20H20ClN3O3S2. The summed E-state index contributed by atoms with van der Waals surface area (Å²) in [7, 11) is -1.40. The summed E-state index contributed by atoms with van der Waals surface area (Å²) < 4.78 is 27.3. The van der Waals surface area contributed by atoms with Crippen molar-refractivity contribution in [2.75, 3.05) is 22.9 Å². The third-order valence-corrected chi connectivity index (χ3v) is 7.46. The van der Waals surface area contributed by atoms with Gasteiger partial charge in [-0.1, -0.05) is 23.4 Å². The van der Waals surface area contributed by atoms with Gasteiger partial charge in [0.05, 0.1) is 28.7 Å². The highest BCUT2D eigenvalue weighted by Gasteiger charge is 2.24. The summed E-state index contributed by atoms with van der Waals surface area (Å²) in [5.74, 6) is 0.235. The number of anilines is 1. The molecule has 152 valence electrons. The maximum atomic E-state index is 12.8. The Morgan fingerprint density at radius 3 is 2.79 bits per heavy atom. The number of imidazole rings is 1. The fourth-order valence-corrected chi connectivity index (χ4v) is 5.62. The SMILES string of the molecule is Cn1c(SCC(=O)c2ccc3c(c2)CCCN3S(C)(=O)=O)nc2cc(Cl)ccc21. The first kappa shape index (κ1) is 20.3. The van der Waals surface area contributed by atoms with Crippen LogP contribution in [0.3, 0.4) is 0 Å². The molecule has 1 aromatic heterocycles. The maximum Gasteiger partial charge on any atom is 0.232 e. The minimum Gasteiger partial charge on any atom is -0.322 e. The Balaban J connectivity index is 1.53. The van der Waals surface area contributed by atoms with Gasteiger partial charge in [0.2, 0.25) is 10.0 Å². The van der Waals surface area contributed by atoms with Gasteiger partial charge in [0.25, 0.3) is 0 Å². The lowest BCUT2D eigenvalue weighted by Gasteiger charge is -2.29. The van der Waals surface area contributed by atoms with Gasteiger partial charge >= 0.3 is 0 Å². The molecule has 29 heavy (non-hydrogen) atoms. The van der Waals surface area contributed by atoms with Gasteiger partial charge in [-0.25, -0.2) is 13.4 Å². The van der Waals surface area contributed by atoms with Gasteiger partial charge in [0, 0.05) is 24.2 Å². The van der Waals surface area contributed by atoms with Crippen molar-refractivity contribution >= 4 is 55.9 Å². The Bertz CT molecular complexity index is 1220. The van der Waals surface area contributed by atoms with Crippen LogP contribution in [0, 0.1) is 0 Å². The first-order valence-corrected chi connectivity index (χ1v) is 12.3. The summed E-state index contributed by atoms with van der Waals surface area (Å²) in [5, 5.41) is 1.37. The topological polar surface area (TPSA) is 72.3 Å². The van der Waals surface area contributed by atoms with E-state index in [1.54, 1.807) is 18.2 Å². The fraction of sp³-hybridized carbons (Fsp3) is 0.300. The molecule has 1 aliphatic heterocycles. The molecule has 0 amide bonds. The molecule has 9 heteroatoms. The monoisotopic (exact) mass is 449 g/mol. The molecule has 2 aromatic carbocycles. The Kier molecular flexibility index (Phi) is 5.35. The zero-order chi connectivity index (χ0) is 20.8. The molecule has 0 saturated carbocycles. The van der Waals surface area contributed by atoms with Gasteiger partial charge < -0.3 is 4.57 Å². The van der Waals surface area contributed by atoms with E-state index in [-0.39, 0.29) is 11.5 Å². The highest BCUT2D eigenvalue weighted by Crippen LogP contribution is 2.31. The van der Waals surface area contributed by atoms with Crippen LogP contribution in [0.1, 0.15) is 22.3 Å². The number of sulfonamides is 1. The van der Waals surface area contributed by atoms with Crippen LogP contribution < -0.4 is 4.31 Å². The molecule has 0 unspecified atom stereocenters. The van der Waals surface area contributed by atoms with Crippen molar-refractivity contribution in [2.45, 2.75) is 18.0 Å². The van der Waals surface area contributed by atoms with Crippen molar-refractivity contribution < 1.29 is 13.2 Å². The van der Waals surface area contributed by atoms with Crippen LogP contribution in [0.5, 0.6) is 0 Å². The molecule has 0 spiro atoms. The van der Waals surface area contributed by atoms with Crippen molar-refractivity contribution in [3.8, 4) is 0 Å². The van der Waals surface area contributed by atoms with Crippen LogP contribution in [0.4, 0.5) is 5.69 Å². The second-order valence-electron chi connectivity index (χ2n) is 7.08. The van der Waals surface area contributed by atoms with Crippen molar-refractivity contribution in [1.29, 1.82) is 0 Å². The molecule has 3 aromatic rings. The number of carbonyl (C=O) groups excluding carboxylic acids is 1. The number of rotatable bonds is 5. The van der Waals surface area contributed by atoms with E-state index >= 15 is 0 Å². The Labute approximate surface area is 178 Å². The number of carbonyl (C=O) groups is 1. The van der Waals surface area contributed by atoms with Crippen molar-refractivity contribution in [1.82, 2.24) is 9.55 Å². The predicted molar refractivity (Wildman–Crippen MR) is 118 cm³/mol. The number of benzene rings is 2. The second-order valence-corrected chi connectivity index (χ2v) is 10.4. The van der Waals surface area contributed by atoms with Crippen molar-refractivity contribution in [3.05, 3.63) is 52.5 Å². The molecular weight excluding hydrogens is 430 g/mol. The van der Waals surface area contributed by atoms with E-state index in [0.717, 1.165) is 34.6 Å². The smallest absolute Gasteiger partial charge is 0.232 e. The third kappa shape index (κ3) is 4.01. The lowest BCUT2D eigenvalue weighted by Crippen LogP contribution is -2.34. The lowest BCUT2D eigenvalue weighted by atomic mass is 9.99. The molecule has 0 N–H and O–H groups in total. The number of fused-ring (bicyclic) bond motifs is 2. The quantitative estimate of drug-likeness (QED) is 0.436. The van der Waals surface area contributed by atoms with E-state index in [2.05, 4.69) is 4.98 Å². The minimum absolute atomic E-state index is 0.0145. The summed E-state index contributed by atoms with van der Waals surface area (Å²) in [5.41, 5.74) is 3.92. The first-order valence-electron chi connectivity index (χ1n) is 9.12. The molecule has 0 radical (unpaired) electrons. The van der Waals surface area contributed by atoms with Gasteiger partial charge in [0.15, 0.2) is 10.9 Å². The second kappa shape index (κ2) is 7.66. The van der Waals surface area contributed by atoms with E-state index in [9.17, 15) is 13.2 Å². The number of Topliss-reactive ketones (excluding diaryl/α,β-unsaturated/α-hetero) is 1.